The summed E-state index contributed by atoms with van der Waals surface area (Å²) in [5.74, 6) is 0. The van der Waals surface area contributed by atoms with Gasteiger partial charge >= 0.3 is 0 Å². The standard InChI is InChI=1S/C15H27N3O2S/c1-5-13-7-8-15(11-14(13)12-16)21(19,20)18(4)10-6-9-17(2)3/h7-8,11H,5-6,9-10,12,16H2,1-4H3. The molecule has 0 atom stereocenters. The Morgan fingerprint density at radius 2 is 1.76 bits per heavy atom. The highest BCUT2D eigenvalue weighted by Gasteiger charge is 2.21. The Morgan fingerprint density at radius 3 is 2.29 bits per heavy atom. The van der Waals surface area contributed by atoms with Gasteiger partial charge in [-0.1, -0.05) is 13.0 Å². The Hall–Kier alpha value is -0.950. The maximum absolute atomic E-state index is 12.5. The van der Waals surface area contributed by atoms with Gasteiger partial charge in [-0.05, 0) is 56.7 Å². The fourth-order valence-corrected chi connectivity index (χ4v) is 3.47. The van der Waals surface area contributed by atoms with E-state index in [4.69, 9.17) is 5.73 Å². The molecule has 2 N–H and O–H groups in total. The average Bonchev–Trinajstić information content (AvgIpc) is 2.45. The summed E-state index contributed by atoms with van der Waals surface area (Å²) in [4.78, 5) is 2.37. The molecular weight excluding hydrogens is 286 g/mol. The lowest BCUT2D eigenvalue weighted by molar-refractivity contribution is 0.370. The zero-order valence-corrected chi connectivity index (χ0v) is 14.3. The van der Waals surface area contributed by atoms with Gasteiger partial charge in [-0.3, -0.25) is 0 Å². The fraction of sp³-hybridized carbons (Fsp3) is 0.600. The molecule has 0 unspecified atom stereocenters. The Balaban J connectivity index is 2.91. The van der Waals surface area contributed by atoms with Gasteiger partial charge in [0.2, 0.25) is 10.0 Å². The number of sulfonamides is 1. The zero-order valence-electron chi connectivity index (χ0n) is 13.5. The quantitative estimate of drug-likeness (QED) is 0.785. The molecule has 0 amide bonds. The lowest BCUT2D eigenvalue weighted by Gasteiger charge is -2.19. The number of rotatable bonds is 8. The van der Waals surface area contributed by atoms with Crippen molar-refractivity contribution in [2.75, 3.05) is 34.2 Å². The van der Waals surface area contributed by atoms with E-state index in [2.05, 4.69) is 0 Å². The SMILES string of the molecule is CCc1ccc(S(=O)(=O)N(C)CCCN(C)C)cc1CN. The van der Waals surface area contributed by atoms with Crippen LogP contribution in [0.4, 0.5) is 0 Å². The highest BCUT2D eigenvalue weighted by molar-refractivity contribution is 7.89. The normalized spacial score (nSPS) is 12.3. The maximum atomic E-state index is 12.5. The molecule has 5 nitrogen and oxygen atoms in total. The van der Waals surface area contributed by atoms with E-state index >= 15 is 0 Å². The third-order valence-electron chi connectivity index (χ3n) is 3.57. The molecule has 21 heavy (non-hydrogen) atoms. The van der Waals surface area contributed by atoms with Crippen LogP contribution in [0.5, 0.6) is 0 Å². The van der Waals surface area contributed by atoms with Gasteiger partial charge in [-0.2, -0.15) is 0 Å². The monoisotopic (exact) mass is 313 g/mol. The van der Waals surface area contributed by atoms with E-state index in [0.29, 0.717) is 18.0 Å². The van der Waals surface area contributed by atoms with Crippen LogP contribution >= 0.6 is 0 Å². The van der Waals surface area contributed by atoms with E-state index in [0.717, 1.165) is 30.5 Å². The Labute approximate surface area is 128 Å². The summed E-state index contributed by atoms with van der Waals surface area (Å²) in [6, 6.07) is 5.25. The number of aryl methyl sites for hydroxylation is 1. The molecule has 0 fully saturated rings. The molecule has 0 saturated heterocycles. The van der Waals surface area contributed by atoms with Crippen molar-refractivity contribution >= 4 is 10.0 Å². The van der Waals surface area contributed by atoms with Crippen LogP contribution < -0.4 is 5.73 Å². The van der Waals surface area contributed by atoms with E-state index in [1.807, 2.05) is 32.0 Å². The molecule has 0 heterocycles. The second-order valence-corrected chi connectivity index (χ2v) is 7.52. The van der Waals surface area contributed by atoms with Crippen LogP contribution in [0.2, 0.25) is 0 Å². The lowest BCUT2D eigenvalue weighted by Crippen LogP contribution is -2.30. The van der Waals surface area contributed by atoms with E-state index < -0.39 is 10.0 Å². The van der Waals surface area contributed by atoms with Crippen molar-refractivity contribution < 1.29 is 8.42 Å². The summed E-state index contributed by atoms with van der Waals surface area (Å²) >= 11 is 0. The first-order valence-corrected chi connectivity index (χ1v) is 8.69. The van der Waals surface area contributed by atoms with Gasteiger partial charge in [-0.15, -0.1) is 0 Å². The van der Waals surface area contributed by atoms with Gasteiger partial charge in [0.1, 0.15) is 0 Å². The number of nitrogens with zero attached hydrogens (tertiary/aromatic N) is 2. The van der Waals surface area contributed by atoms with Crippen LogP contribution in [0.1, 0.15) is 24.5 Å². The second-order valence-electron chi connectivity index (χ2n) is 5.47. The van der Waals surface area contributed by atoms with E-state index in [1.54, 1.807) is 19.2 Å². The van der Waals surface area contributed by atoms with Crippen molar-refractivity contribution in [2.45, 2.75) is 31.2 Å². The molecule has 6 heteroatoms. The van der Waals surface area contributed by atoms with Crippen molar-refractivity contribution in [1.82, 2.24) is 9.21 Å². The van der Waals surface area contributed by atoms with Gasteiger partial charge in [0.15, 0.2) is 0 Å². The minimum atomic E-state index is -3.44. The average molecular weight is 313 g/mol. The Bertz CT molecular complexity index is 556. The van der Waals surface area contributed by atoms with Crippen molar-refractivity contribution in [2.24, 2.45) is 5.73 Å². The van der Waals surface area contributed by atoms with E-state index in [9.17, 15) is 8.42 Å². The third kappa shape index (κ3) is 4.78. The van der Waals surface area contributed by atoms with Crippen LogP contribution in [0.25, 0.3) is 0 Å². The summed E-state index contributed by atoms with van der Waals surface area (Å²) in [5.41, 5.74) is 7.72. The summed E-state index contributed by atoms with van der Waals surface area (Å²) in [7, 11) is 2.15. The molecule has 0 aliphatic heterocycles. The van der Waals surface area contributed by atoms with Crippen molar-refractivity contribution in [3.8, 4) is 0 Å². The van der Waals surface area contributed by atoms with Crippen LogP contribution in [-0.2, 0) is 23.0 Å². The van der Waals surface area contributed by atoms with Crippen LogP contribution in [-0.4, -0.2) is 51.9 Å². The molecule has 0 aromatic heterocycles. The first kappa shape index (κ1) is 18.1. The molecule has 0 saturated carbocycles. The van der Waals surface area contributed by atoms with Crippen molar-refractivity contribution in [3.05, 3.63) is 29.3 Å². The number of benzene rings is 1. The predicted molar refractivity (Wildman–Crippen MR) is 86.7 cm³/mol. The largest absolute Gasteiger partial charge is 0.326 e. The van der Waals surface area contributed by atoms with Gasteiger partial charge in [-0.25, -0.2) is 12.7 Å². The fourth-order valence-electron chi connectivity index (χ4n) is 2.21. The lowest BCUT2D eigenvalue weighted by atomic mass is 10.1. The van der Waals surface area contributed by atoms with Crippen LogP contribution in [0.15, 0.2) is 23.1 Å². The predicted octanol–water partition coefficient (Wildman–Crippen LogP) is 1.28. The molecular formula is C15H27N3O2S. The molecule has 0 radical (unpaired) electrons. The van der Waals surface area contributed by atoms with Gasteiger partial charge in [0.05, 0.1) is 4.90 Å². The minimum Gasteiger partial charge on any atom is -0.326 e. The first-order chi connectivity index (χ1) is 9.82. The first-order valence-electron chi connectivity index (χ1n) is 7.25. The van der Waals surface area contributed by atoms with Gasteiger partial charge in [0, 0.05) is 20.1 Å². The number of hydrogen-bond donors (Lipinski definition) is 1. The molecule has 0 spiro atoms. The molecule has 1 aromatic carbocycles. The second kappa shape index (κ2) is 7.89. The van der Waals surface area contributed by atoms with Crippen molar-refractivity contribution in [3.63, 3.8) is 0 Å². The Morgan fingerprint density at radius 1 is 1.10 bits per heavy atom. The highest BCUT2D eigenvalue weighted by Crippen LogP contribution is 2.19. The van der Waals surface area contributed by atoms with Crippen LogP contribution in [0, 0.1) is 0 Å². The molecule has 1 rings (SSSR count). The third-order valence-corrected chi connectivity index (χ3v) is 5.42. The summed E-state index contributed by atoms with van der Waals surface area (Å²) in [5, 5.41) is 0. The summed E-state index contributed by atoms with van der Waals surface area (Å²) in [6.45, 7) is 3.77. The summed E-state index contributed by atoms with van der Waals surface area (Å²) in [6.07, 6.45) is 1.66. The highest BCUT2D eigenvalue weighted by atomic mass is 32.2. The molecule has 1 aromatic rings. The zero-order chi connectivity index (χ0) is 16.0. The molecule has 120 valence electrons. The summed E-state index contributed by atoms with van der Waals surface area (Å²) < 4.78 is 26.5. The number of nitrogens with two attached hydrogens (primary N) is 1. The topological polar surface area (TPSA) is 66.6 Å². The van der Waals surface area contributed by atoms with Gasteiger partial charge < -0.3 is 10.6 Å². The number of hydrogen-bond acceptors (Lipinski definition) is 4. The van der Waals surface area contributed by atoms with E-state index in [1.165, 1.54) is 4.31 Å². The van der Waals surface area contributed by atoms with E-state index in [-0.39, 0.29) is 0 Å². The van der Waals surface area contributed by atoms with Crippen molar-refractivity contribution in [1.29, 1.82) is 0 Å². The van der Waals surface area contributed by atoms with Gasteiger partial charge in [0.25, 0.3) is 0 Å². The smallest absolute Gasteiger partial charge is 0.242 e. The maximum Gasteiger partial charge on any atom is 0.242 e. The molecule has 0 aliphatic rings. The Kier molecular flexibility index (Phi) is 6.80. The molecule has 0 aliphatic carbocycles. The minimum absolute atomic E-state index is 0.326. The molecule has 0 bridgehead atoms. The van der Waals surface area contributed by atoms with Crippen LogP contribution in [0.3, 0.4) is 0 Å².